The highest BCUT2D eigenvalue weighted by atomic mass is 16.1. The quantitative estimate of drug-likeness (QED) is 0.849. The first-order valence-corrected chi connectivity index (χ1v) is 5.70. The topological polar surface area (TPSA) is 82.0 Å². The van der Waals surface area contributed by atoms with E-state index in [1.54, 1.807) is 18.3 Å². The van der Waals surface area contributed by atoms with Gasteiger partial charge in [-0.1, -0.05) is 30.3 Å². The smallest absolute Gasteiger partial charge is 0.158 e. The maximum atomic E-state index is 12.0. The number of nitrogens with two attached hydrogens (primary N) is 2. The molecular formula is C14H15N3O. The van der Waals surface area contributed by atoms with E-state index in [0.29, 0.717) is 5.82 Å². The molecule has 0 fully saturated rings. The minimum Gasteiger partial charge on any atom is -0.384 e. The predicted molar refractivity (Wildman–Crippen MR) is 70.7 cm³/mol. The molecule has 4 heteroatoms. The first-order chi connectivity index (χ1) is 8.66. The lowest BCUT2D eigenvalue weighted by atomic mass is 9.99. The highest BCUT2D eigenvalue weighted by molar-refractivity contribution is 5.87. The number of anilines is 1. The second-order valence-corrected chi connectivity index (χ2v) is 4.12. The summed E-state index contributed by atoms with van der Waals surface area (Å²) in [5.41, 5.74) is 13.2. The van der Waals surface area contributed by atoms with E-state index >= 15 is 0 Å². The highest BCUT2D eigenvalue weighted by Gasteiger charge is 2.15. The summed E-state index contributed by atoms with van der Waals surface area (Å²) >= 11 is 0. The van der Waals surface area contributed by atoms with E-state index in [0.717, 1.165) is 11.1 Å². The van der Waals surface area contributed by atoms with Crippen LogP contribution in [-0.2, 0) is 11.2 Å². The average Bonchev–Trinajstić information content (AvgIpc) is 2.39. The van der Waals surface area contributed by atoms with Gasteiger partial charge in [-0.25, -0.2) is 4.98 Å². The van der Waals surface area contributed by atoms with Crippen LogP contribution in [-0.4, -0.2) is 10.8 Å². The molecule has 0 aliphatic heterocycles. The maximum Gasteiger partial charge on any atom is 0.158 e. The largest absolute Gasteiger partial charge is 0.384 e. The van der Waals surface area contributed by atoms with E-state index in [9.17, 15) is 4.79 Å². The van der Waals surface area contributed by atoms with Crippen molar-refractivity contribution < 1.29 is 4.79 Å². The van der Waals surface area contributed by atoms with E-state index in [2.05, 4.69) is 4.98 Å². The van der Waals surface area contributed by atoms with Crippen LogP contribution in [0.3, 0.4) is 0 Å². The van der Waals surface area contributed by atoms with E-state index in [1.165, 1.54) is 0 Å². The number of hydrogen-bond acceptors (Lipinski definition) is 4. The van der Waals surface area contributed by atoms with Gasteiger partial charge in [0.2, 0.25) is 0 Å². The first-order valence-electron chi connectivity index (χ1n) is 5.70. The van der Waals surface area contributed by atoms with Crippen molar-refractivity contribution in [3.05, 3.63) is 59.8 Å². The molecule has 1 atom stereocenters. The maximum absolute atomic E-state index is 12.0. The molecule has 4 N–H and O–H groups in total. The van der Waals surface area contributed by atoms with Crippen LogP contribution in [0.4, 0.5) is 5.82 Å². The molecule has 0 spiro atoms. The van der Waals surface area contributed by atoms with Crippen LogP contribution in [0.15, 0.2) is 48.7 Å². The summed E-state index contributed by atoms with van der Waals surface area (Å²) in [6.07, 6.45) is 1.86. The van der Waals surface area contributed by atoms with Crippen molar-refractivity contribution >= 4 is 11.6 Å². The number of ketones is 1. The number of carbonyl (C=O) groups is 1. The summed E-state index contributed by atoms with van der Waals surface area (Å²) < 4.78 is 0. The molecule has 0 saturated heterocycles. The van der Waals surface area contributed by atoms with Crippen molar-refractivity contribution in [1.29, 1.82) is 0 Å². The van der Waals surface area contributed by atoms with Crippen LogP contribution < -0.4 is 11.5 Å². The van der Waals surface area contributed by atoms with E-state index in [4.69, 9.17) is 11.5 Å². The molecule has 2 aromatic rings. The zero-order valence-electron chi connectivity index (χ0n) is 9.91. The van der Waals surface area contributed by atoms with Gasteiger partial charge in [-0.2, -0.15) is 0 Å². The Hall–Kier alpha value is -2.20. The third kappa shape index (κ3) is 2.93. The van der Waals surface area contributed by atoms with Crippen LogP contribution >= 0.6 is 0 Å². The molecule has 1 heterocycles. The summed E-state index contributed by atoms with van der Waals surface area (Å²) in [7, 11) is 0. The molecule has 4 nitrogen and oxygen atoms in total. The fourth-order valence-electron chi connectivity index (χ4n) is 1.76. The van der Waals surface area contributed by atoms with Crippen molar-refractivity contribution in [2.24, 2.45) is 5.73 Å². The molecule has 0 amide bonds. The zero-order valence-corrected chi connectivity index (χ0v) is 9.91. The molecule has 0 saturated carbocycles. The van der Waals surface area contributed by atoms with Crippen LogP contribution in [0.1, 0.15) is 17.2 Å². The molecule has 1 aromatic carbocycles. The molecule has 0 radical (unpaired) electrons. The van der Waals surface area contributed by atoms with E-state index in [-0.39, 0.29) is 12.2 Å². The Morgan fingerprint density at radius 2 is 1.94 bits per heavy atom. The SMILES string of the molecule is Nc1cc(CC(=O)[C@H](N)c2ccccc2)ccn1. The van der Waals surface area contributed by atoms with Crippen LogP contribution in [0.25, 0.3) is 0 Å². The lowest BCUT2D eigenvalue weighted by molar-refractivity contribution is -0.119. The molecule has 0 unspecified atom stereocenters. The third-order valence-corrected chi connectivity index (χ3v) is 2.73. The number of aromatic nitrogens is 1. The van der Waals surface area contributed by atoms with Gasteiger partial charge >= 0.3 is 0 Å². The molecule has 0 aliphatic carbocycles. The fourth-order valence-corrected chi connectivity index (χ4v) is 1.76. The monoisotopic (exact) mass is 241 g/mol. The molecule has 0 aliphatic rings. The van der Waals surface area contributed by atoms with E-state index in [1.807, 2.05) is 30.3 Å². The van der Waals surface area contributed by atoms with Gasteiger partial charge in [-0.15, -0.1) is 0 Å². The summed E-state index contributed by atoms with van der Waals surface area (Å²) in [6.45, 7) is 0. The van der Waals surface area contributed by atoms with Crippen molar-refractivity contribution in [3.8, 4) is 0 Å². The van der Waals surface area contributed by atoms with Crippen LogP contribution in [0, 0.1) is 0 Å². The lowest BCUT2D eigenvalue weighted by Gasteiger charge is -2.10. The summed E-state index contributed by atoms with van der Waals surface area (Å²) in [5, 5.41) is 0. The molecular weight excluding hydrogens is 226 g/mol. The number of rotatable bonds is 4. The first kappa shape index (κ1) is 12.3. The zero-order chi connectivity index (χ0) is 13.0. The summed E-state index contributed by atoms with van der Waals surface area (Å²) in [6, 6.07) is 12.2. The Labute approximate surface area is 106 Å². The van der Waals surface area contributed by atoms with Gasteiger partial charge < -0.3 is 11.5 Å². The second-order valence-electron chi connectivity index (χ2n) is 4.12. The molecule has 2 rings (SSSR count). The van der Waals surface area contributed by atoms with Gasteiger partial charge in [0.15, 0.2) is 5.78 Å². The summed E-state index contributed by atoms with van der Waals surface area (Å²) in [4.78, 5) is 15.9. The van der Waals surface area contributed by atoms with Gasteiger partial charge in [0.05, 0.1) is 6.04 Å². The van der Waals surface area contributed by atoms with Crippen molar-refractivity contribution in [1.82, 2.24) is 4.98 Å². The molecule has 18 heavy (non-hydrogen) atoms. The summed E-state index contributed by atoms with van der Waals surface area (Å²) in [5.74, 6) is 0.375. The molecule has 92 valence electrons. The van der Waals surface area contributed by atoms with E-state index < -0.39 is 6.04 Å². The van der Waals surface area contributed by atoms with Crippen LogP contribution in [0.5, 0.6) is 0 Å². The Morgan fingerprint density at radius 1 is 1.22 bits per heavy atom. The highest BCUT2D eigenvalue weighted by Crippen LogP contribution is 2.14. The second kappa shape index (κ2) is 5.42. The predicted octanol–water partition coefficient (Wildman–Crippen LogP) is 1.48. The standard InChI is InChI=1S/C14H15N3O/c15-13-9-10(6-7-17-13)8-12(18)14(16)11-4-2-1-3-5-11/h1-7,9,14H,8,16H2,(H2,15,17)/t14-/m1/s1. The normalized spacial score (nSPS) is 12.1. The van der Waals surface area contributed by atoms with Gasteiger partial charge in [0.25, 0.3) is 0 Å². The fraction of sp³-hybridized carbons (Fsp3) is 0.143. The third-order valence-electron chi connectivity index (χ3n) is 2.73. The van der Waals surface area contributed by atoms with Gasteiger partial charge in [0.1, 0.15) is 5.82 Å². The Balaban J connectivity index is 2.09. The Kier molecular flexibility index (Phi) is 3.69. The Bertz CT molecular complexity index is 540. The van der Waals surface area contributed by atoms with Gasteiger partial charge in [0, 0.05) is 12.6 Å². The van der Waals surface area contributed by atoms with Crippen molar-refractivity contribution in [3.63, 3.8) is 0 Å². The number of nitrogen functional groups attached to an aromatic ring is 1. The number of benzene rings is 1. The van der Waals surface area contributed by atoms with Crippen molar-refractivity contribution in [2.75, 3.05) is 5.73 Å². The van der Waals surface area contributed by atoms with Gasteiger partial charge in [-0.05, 0) is 23.3 Å². The average molecular weight is 241 g/mol. The van der Waals surface area contributed by atoms with Gasteiger partial charge in [-0.3, -0.25) is 4.79 Å². The molecule has 1 aromatic heterocycles. The number of carbonyl (C=O) groups excluding carboxylic acids is 1. The van der Waals surface area contributed by atoms with Crippen LogP contribution in [0.2, 0.25) is 0 Å². The lowest BCUT2D eigenvalue weighted by Crippen LogP contribution is -2.23. The minimum absolute atomic E-state index is 0.0354. The number of hydrogen-bond donors (Lipinski definition) is 2. The molecule has 0 bridgehead atoms. The number of Topliss-reactive ketones (excluding diaryl/α,β-unsaturated/α-hetero) is 1. The Morgan fingerprint density at radius 3 is 2.61 bits per heavy atom. The van der Waals surface area contributed by atoms with Crippen molar-refractivity contribution in [2.45, 2.75) is 12.5 Å². The number of pyridine rings is 1. The minimum atomic E-state index is -0.597. The number of nitrogens with zero attached hydrogens (tertiary/aromatic N) is 1.